The van der Waals surface area contributed by atoms with E-state index in [1.807, 2.05) is 0 Å². The minimum Gasteiger partial charge on any atom is -0.228 e. The maximum atomic E-state index is 14.1. The van der Waals surface area contributed by atoms with Crippen molar-refractivity contribution in [3.63, 3.8) is 0 Å². The number of hydrogen-bond acceptors (Lipinski definition) is 3. The Morgan fingerprint density at radius 2 is 1.80 bits per heavy atom. The van der Waals surface area contributed by atoms with Gasteiger partial charge in [-0.1, -0.05) is 32.4 Å². The summed E-state index contributed by atoms with van der Waals surface area (Å²) < 4.78 is 43.1. The van der Waals surface area contributed by atoms with Crippen molar-refractivity contribution in [2.45, 2.75) is 51.1 Å². The second-order valence-electron chi connectivity index (χ2n) is 8.97. The highest BCUT2D eigenvalue weighted by Gasteiger charge is 2.60. The van der Waals surface area contributed by atoms with Crippen LogP contribution >= 0.6 is 11.6 Å². The molecule has 1 aromatic carbocycles. The van der Waals surface area contributed by atoms with E-state index in [1.54, 1.807) is 6.07 Å². The summed E-state index contributed by atoms with van der Waals surface area (Å²) in [6.07, 6.45) is -1.36. The van der Waals surface area contributed by atoms with E-state index in [0.29, 0.717) is 5.02 Å². The fraction of sp³-hybridized carbons (Fsp3) is 0.409. The number of hydrogen-bond donors (Lipinski definition) is 0. The molecule has 2 aliphatic rings. The normalized spacial score (nSPS) is 24.3. The first-order valence-electron chi connectivity index (χ1n) is 9.84. The minimum absolute atomic E-state index is 0.00296. The Labute approximate surface area is 177 Å². The molecule has 2 heterocycles. The minimum atomic E-state index is -4.61. The van der Waals surface area contributed by atoms with E-state index in [1.165, 1.54) is 30.5 Å². The van der Waals surface area contributed by atoms with Crippen LogP contribution in [0.1, 0.15) is 56.5 Å². The molecule has 0 spiro atoms. The van der Waals surface area contributed by atoms with Crippen molar-refractivity contribution in [1.82, 2.24) is 20.0 Å². The molecule has 0 N–H and O–H groups in total. The van der Waals surface area contributed by atoms with Crippen molar-refractivity contribution in [3.05, 3.63) is 58.5 Å². The van der Waals surface area contributed by atoms with Crippen LogP contribution in [0.15, 0.2) is 36.5 Å². The van der Waals surface area contributed by atoms with Crippen molar-refractivity contribution in [1.29, 1.82) is 0 Å². The summed E-state index contributed by atoms with van der Waals surface area (Å²) in [5.74, 6) is 0.271. The summed E-state index contributed by atoms with van der Waals surface area (Å²) in [6.45, 7) is 6.62. The van der Waals surface area contributed by atoms with Gasteiger partial charge in [-0.2, -0.15) is 28.5 Å². The number of halogens is 4. The van der Waals surface area contributed by atoms with Gasteiger partial charge in [-0.25, -0.2) is 4.68 Å². The Morgan fingerprint density at radius 1 is 1.10 bits per heavy atom. The molecule has 2 aliphatic carbocycles. The van der Waals surface area contributed by atoms with Gasteiger partial charge in [0.2, 0.25) is 0 Å². The van der Waals surface area contributed by atoms with Gasteiger partial charge >= 0.3 is 6.18 Å². The molecule has 2 aromatic heterocycles. The van der Waals surface area contributed by atoms with Crippen molar-refractivity contribution in [3.8, 4) is 16.9 Å². The van der Waals surface area contributed by atoms with E-state index < -0.39 is 11.9 Å². The SMILES string of the molecule is CC12CCC(c3cc(-c4cnn(-c5ccc(Cl)cc5)c4C(F)(F)F)nnc31)C2(C)C. The summed E-state index contributed by atoms with van der Waals surface area (Å²) in [7, 11) is 0. The summed E-state index contributed by atoms with van der Waals surface area (Å²) in [5, 5.41) is 13.1. The Balaban J connectivity index is 1.67. The van der Waals surface area contributed by atoms with Crippen LogP contribution in [0, 0.1) is 5.41 Å². The van der Waals surface area contributed by atoms with Crippen LogP contribution < -0.4 is 0 Å². The summed E-state index contributed by atoms with van der Waals surface area (Å²) in [6, 6.07) is 7.87. The van der Waals surface area contributed by atoms with E-state index >= 15 is 0 Å². The highest BCUT2D eigenvalue weighted by molar-refractivity contribution is 6.30. The summed E-state index contributed by atoms with van der Waals surface area (Å²) >= 11 is 5.88. The van der Waals surface area contributed by atoms with Gasteiger partial charge in [0.1, 0.15) is 0 Å². The lowest BCUT2D eigenvalue weighted by molar-refractivity contribution is -0.142. The highest BCUT2D eigenvalue weighted by atomic mass is 35.5. The Bertz CT molecular complexity index is 1150. The topological polar surface area (TPSA) is 43.6 Å². The van der Waals surface area contributed by atoms with E-state index in [9.17, 15) is 13.2 Å². The van der Waals surface area contributed by atoms with Gasteiger partial charge in [-0.05, 0) is 60.1 Å². The van der Waals surface area contributed by atoms with Crippen LogP contribution in [-0.4, -0.2) is 20.0 Å². The molecule has 0 saturated heterocycles. The molecule has 4 nitrogen and oxygen atoms in total. The molecule has 0 amide bonds. The average Bonchev–Trinajstić information content (AvgIpc) is 3.27. The van der Waals surface area contributed by atoms with Crippen LogP contribution in [0.25, 0.3) is 16.9 Å². The quantitative estimate of drug-likeness (QED) is 0.486. The number of rotatable bonds is 2. The van der Waals surface area contributed by atoms with Crippen LogP contribution in [0.5, 0.6) is 0 Å². The second kappa shape index (κ2) is 6.06. The molecule has 5 rings (SSSR count). The lowest BCUT2D eigenvalue weighted by Gasteiger charge is -2.33. The van der Waals surface area contributed by atoms with Gasteiger partial charge in [0, 0.05) is 10.4 Å². The third-order valence-electron chi connectivity index (χ3n) is 7.33. The fourth-order valence-electron chi connectivity index (χ4n) is 5.29. The molecule has 30 heavy (non-hydrogen) atoms. The Hall–Kier alpha value is -2.41. The molecular formula is C22H20ClF3N4. The fourth-order valence-corrected chi connectivity index (χ4v) is 5.41. The Morgan fingerprint density at radius 3 is 2.47 bits per heavy atom. The van der Waals surface area contributed by atoms with Gasteiger partial charge in [-0.3, -0.25) is 0 Å². The largest absolute Gasteiger partial charge is 0.434 e. The predicted octanol–water partition coefficient (Wildman–Crippen LogP) is 6.18. The molecule has 8 heteroatoms. The third-order valence-corrected chi connectivity index (χ3v) is 7.58. The average molecular weight is 433 g/mol. The van der Waals surface area contributed by atoms with Gasteiger partial charge in [0.05, 0.1) is 28.8 Å². The van der Waals surface area contributed by atoms with E-state index in [0.717, 1.165) is 28.8 Å². The maximum absolute atomic E-state index is 14.1. The molecular weight excluding hydrogens is 413 g/mol. The van der Waals surface area contributed by atoms with Gasteiger partial charge in [0.15, 0.2) is 5.69 Å². The molecule has 2 bridgehead atoms. The van der Waals surface area contributed by atoms with Crippen LogP contribution in [0.2, 0.25) is 5.02 Å². The van der Waals surface area contributed by atoms with Gasteiger partial charge in [0.25, 0.3) is 0 Å². The van der Waals surface area contributed by atoms with Gasteiger partial charge in [-0.15, -0.1) is 0 Å². The summed E-state index contributed by atoms with van der Waals surface area (Å²) in [5.41, 5.74) is 1.39. The van der Waals surface area contributed by atoms with Crippen LogP contribution in [0.4, 0.5) is 13.2 Å². The molecule has 2 atom stereocenters. The standard InChI is InChI=1S/C22H20ClF3N4/c1-20(2)16-8-9-21(20,3)18-14(16)10-17(28-29-18)15-11-27-30(19(15)22(24,25)26)13-6-4-12(23)5-7-13/h4-7,10-11,16H,8-9H2,1-3H3. The molecule has 1 fully saturated rings. The van der Waals surface area contributed by atoms with Crippen molar-refractivity contribution < 1.29 is 13.2 Å². The highest BCUT2D eigenvalue weighted by Crippen LogP contribution is 2.67. The molecule has 0 radical (unpaired) electrons. The zero-order valence-corrected chi connectivity index (χ0v) is 17.5. The molecule has 1 saturated carbocycles. The number of benzene rings is 1. The Kier molecular flexibility index (Phi) is 3.95. The number of alkyl halides is 3. The molecule has 0 aliphatic heterocycles. The summed E-state index contributed by atoms with van der Waals surface area (Å²) in [4.78, 5) is 0. The zero-order chi connectivity index (χ0) is 21.5. The van der Waals surface area contributed by atoms with Gasteiger partial charge < -0.3 is 0 Å². The predicted molar refractivity (Wildman–Crippen MR) is 108 cm³/mol. The first-order valence-corrected chi connectivity index (χ1v) is 10.2. The van der Waals surface area contributed by atoms with E-state index in [2.05, 4.69) is 36.1 Å². The number of aromatic nitrogens is 4. The van der Waals surface area contributed by atoms with Crippen molar-refractivity contribution >= 4 is 11.6 Å². The first kappa shape index (κ1) is 19.5. The molecule has 2 unspecified atom stereocenters. The van der Waals surface area contributed by atoms with Crippen molar-refractivity contribution in [2.75, 3.05) is 0 Å². The first-order chi connectivity index (χ1) is 14.0. The van der Waals surface area contributed by atoms with E-state index in [-0.39, 0.29) is 33.7 Å². The van der Waals surface area contributed by atoms with Crippen molar-refractivity contribution in [2.24, 2.45) is 5.41 Å². The molecule has 156 valence electrons. The second-order valence-corrected chi connectivity index (χ2v) is 9.41. The smallest absolute Gasteiger partial charge is 0.228 e. The lowest BCUT2D eigenvalue weighted by Crippen LogP contribution is -2.32. The van der Waals surface area contributed by atoms with E-state index in [4.69, 9.17) is 11.6 Å². The van der Waals surface area contributed by atoms with Crippen LogP contribution in [0.3, 0.4) is 0 Å². The van der Waals surface area contributed by atoms with Crippen LogP contribution in [-0.2, 0) is 11.6 Å². The molecule has 3 aromatic rings. The zero-order valence-electron chi connectivity index (χ0n) is 16.8. The lowest BCUT2D eigenvalue weighted by atomic mass is 9.70. The maximum Gasteiger partial charge on any atom is 0.434 e. The third kappa shape index (κ3) is 2.51. The number of fused-ring (bicyclic) bond motifs is 5. The number of nitrogens with zero attached hydrogens (tertiary/aromatic N) is 4. The monoisotopic (exact) mass is 432 g/mol.